The number of benzene rings is 3. The van der Waals surface area contributed by atoms with Crippen LogP contribution in [0.1, 0.15) is 22.6 Å². The Bertz CT molecular complexity index is 813. The number of nitriles is 1. The molecule has 0 saturated carbocycles. The molecule has 0 saturated heterocycles. The minimum Gasteiger partial charge on any atom is -0.497 e. The van der Waals surface area contributed by atoms with Gasteiger partial charge >= 0.3 is 0 Å². The zero-order valence-electron chi connectivity index (χ0n) is 14.0. The molecule has 3 aromatic carbocycles. The van der Waals surface area contributed by atoms with E-state index in [0.717, 1.165) is 5.56 Å². The van der Waals surface area contributed by atoms with Gasteiger partial charge in [-0.3, -0.25) is 0 Å². The molecular formula is C22H19NO2. The van der Waals surface area contributed by atoms with Crippen LogP contribution in [0.2, 0.25) is 0 Å². The van der Waals surface area contributed by atoms with E-state index in [2.05, 4.69) is 6.07 Å². The molecule has 124 valence electrons. The van der Waals surface area contributed by atoms with Gasteiger partial charge < -0.3 is 9.84 Å². The minimum atomic E-state index is -1.45. The van der Waals surface area contributed by atoms with Crippen molar-refractivity contribution in [3.63, 3.8) is 0 Å². The van der Waals surface area contributed by atoms with E-state index < -0.39 is 11.5 Å². The molecule has 3 rings (SSSR count). The average Bonchev–Trinajstić information content (AvgIpc) is 2.70. The Morgan fingerprint density at radius 3 is 1.72 bits per heavy atom. The number of ether oxygens (including phenoxy) is 1. The molecular weight excluding hydrogens is 310 g/mol. The van der Waals surface area contributed by atoms with Crippen LogP contribution in [-0.4, -0.2) is 12.2 Å². The lowest BCUT2D eigenvalue weighted by Gasteiger charge is -2.34. The fourth-order valence-corrected chi connectivity index (χ4v) is 3.09. The van der Waals surface area contributed by atoms with E-state index in [4.69, 9.17) is 4.74 Å². The number of hydrogen-bond acceptors (Lipinski definition) is 3. The van der Waals surface area contributed by atoms with Crippen molar-refractivity contribution in [3.05, 3.63) is 102 Å². The predicted octanol–water partition coefficient (Wildman–Crippen LogP) is 4.24. The monoisotopic (exact) mass is 329 g/mol. The molecule has 1 N–H and O–H groups in total. The van der Waals surface area contributed by atoms with E-state index in [1.54, 1.807) is 19.2 Å². The van der Waals surface area contributed by atoms with Gasteiger partial charge in [-0.1, -0.05) is 72.8 Å². The summed E-state index contributed by atoms with van der Waals surface area (Å²) in [7, 11) is 1.60. The third-order valence-electron chi connectivity index (χ3n) is 4.42. The topological polar surface area (TPSA) is 53.2 Å². The van der Waals surface area contributed by atoms with Crippen molar-refractivity contribution in [2.75, 3.05) is 7.11 Å². The van der Waals surface area contributed by atoms with Crippen molar-refractivity contribution in [1.29, 1.82) is 5.26 Å². The Balaban J connectivity index is 2.17. The van der Waals surface area contributed by atoms with Crippen molar-refractivity contribution >= 4 is 0 Å². The van der Waals surface area contributed by atoms with Crippen LogP contribution >= 0.6 is 0 Å². The second-order valence-corrected chi connectivity index (χ2v) is 5.83. The summed E-state index contributed by atoms with van der Waals surface area (Å²) in [5.41, 5.74) is 0.650. The molecule has 0 amide bonds. The first-order valence-corrected chi connectivity index (χ1v) is 8.07. The van der Waals surface area contributed by atoms with Crippen LogP contribution in [0, 0.1) is 11.3 Å². The Kier molecular flexibility index (Phi) is 4.83. The first kappa shape index (κ1) is 16.8. The van der Waals surface area contributed by atoms with E-state index in [0.29, 0.717) is 16.9 Å². The van der Waals surface area contributed by atoms with Crippen LogP contribution in [0.4, 0.5) is 0 Å². The highest BCUT2D eigenvalue weighted by Crippen LogP contribution is 2.42. The van der Waals surface area contributed by atoms with Gasteiger partial charge in [0.2, 0.25) is 0 Å². The SMILES string of the molecule is COc1ccc([C@@H](C#N)C(O)(c2ccccc2)c2ccccc2)cc1. The van der Waals surface area contributed by atoms with Gasteiger partial charge in [0, 0.05) is 0 Å². The summed E-state index contributed by atoms with van der Waals surface area (Å²) in [5, 5.41) is 21.7. The number of nitrogens with zero attached hydrogens (tertiary/aromatic N) is 1. The summed E-state index contributed by atoms with van der Waals surface area (Å²) in [6.07, 6.45) is 0. The zero-order chi connectivity index (χ0) is 17.7. The Labute approximate surface area is 147 Å². The van der Waals surface area contributed by atoms with Gasteiger partial charge in [-0.15, -0.1) is 0 Å². The van der Waals surface area contributed by atoms with E-state index >= 15 is 0 Å². The lowest BCUT2D eigenvalue weighted by Crippen LogP contribution is -2.34. The molecule has 0 aliphatic carbocycles. The number of methoxy groups -OCH3 is 1. The Hall–Kier alpha value is -3.09. The molecule has 0 aliphatic rings. The minimum absolute atomic E-state index is 0.684. The summed E-state index contributed by atoms with van der Waals surface area (Å²) in [6.45, 7) is 0. The molecule has 0 aromatic heterocycles. The first-order chi connectivity index (χ1) is 12.2. The molecule has 0 bridgehead atoms. The molecule has 3 aromatic rings. The van der Waals surface area contributed by atoms with Crippen LogP contribution in [-0.2, 0) is 5.60 Å². The molecule has 25 heavy (non-hydrogen) atoms. The van der Waals surface area contributed by atoms with Crippen LogP contribution in [0.5, 0.6) is 5.75 Å². The maximum atomic E-state index is 11.7. The van der Waals surface area contributed by atoms with Gasteiger partial charge in [-0.25, -0.2) is 0 Å². The summed E-state index contributed by atoms with van der Waals surface area (Å²) in [5.74, 6) is -0.0494. The molecule has 0 aliphatic heterocycles. The molecule has 3 heteroatoms. The fourth-order valence-electron chi connectivity index (χ4n) is 3.09. The van der Waals surface area contributed by atoms with E-state index in [9.17, 15) is 10.4 Å². The van der Waals surface area contributed by atoms with Crippen molar-refractivity contribution in [3.8, 4) is 11.8 Å². The molecule has 0 unspecified atom stereocenters. The second kappa shape index (κ2) is 7.21. The van der Waals surface area contributed by atoms with Crippen molar-refractivity contribution in [2.24, 2.45) is 0 Å². The van der Waals surface area contributed by atoms with Crippen LogP contribution in [0.15, 0.2) is 84.9 Å². The van der Waals surface area contributed by atoms with Crippen molar-refractivity contribution in [1.82, 2.24) is 0 Å². The second-order valence-electron chi connectivity index (χ2n) is 5.83. The van der Waals surface area contributed by atoms with Crippen LogP contribution in [0.25, 0.3) is 0 Å². The highest BCUT2D eigenvalue weighted by molar-refractivity contribution is 5.45. The maximum Gasteiger partial charge on any atom is 0.134 e. The molecule has 0 heterocycles. The van der Waals surface area contributed by atoms with Gasteiger partial charge in [0.15, 0.2) is 0 Å². The van der Waals surface area contributed by atoms with Gasteiger partial charge in [-0.2, -0.15) is 5.26 Å². The maximum absolute atomic E-state index is 11.7. The largest absolute Gasteiger partial charge is 0.497 e. The number of rotatable bonds is 5. The fraction of sp³-hybridized carbons (Fsp3) is 0.136. The molecule has 0 spiro atoms. The quantitative estimate of drug-likeness (QED) is 0.762. The lowest BCUT2D eigenvalue weighted by molar-refractivity contribution is 0.0672. The molecule has 0 fully saturated rings. The zero-order valence-corrected chi connectivity index (χ0v) is 14.0. The molecule has 3 nitrogen and oxygen atoms in total. The summed E-state index contributed by atoms with van der Waals surface area (Å²) >= 11 is 0. The Morgan fingerprint density at radius 2 is 1.32 bits per heavy atom. The summed E-state index contributed by atoms with van der Waals surface area (Å²) < 4.78 is 5.19. The van der Waals surface area contributed by atoms with Crippen LogP contribution < -0.4 is 4.74 Å². The number of hydrogen-bond donors (Lipinski definition) is 1. The van der Waals surface area contributed by atoms with E-state index in [1.165, 1.54) is 0 Å². The number of aliphatic hydroxyl groups is 1. The summed E-state index contributed by atoms with van der Waals surface area (Å²) in [6, 6.07) is 28.2. The Morgan fingerprint density at radius 1 is 0.840 bits per heavy atom. The smallest absolute Gasteiger partial charge is 0.134 e. The third-order valence-corrected chi connectivity index (χ3v) is 4.42. The van der Waals surface area contributed by atoms with Crippen LogP contribution in [0.3, 0.4) is 0 Å². The van der Waals surface area contributed by atoms with Gasteiger partial charge in [0.05, 0.1) is 13.2 Å². The molecule has 1 atom stereocenters. The first-order valence-electron chi connectivity index (χ1n) is 8.07. The van der Waals surface area contributed by atoms with E-state index in [1.807, 2.05) is 72.8 Å². The summed E-state index contributed by atoms with van der Waals surface area (Å²) in [4.78, 5) is 0. The highest BCUT2D eigenvalue weighted by Gasteiger charge is 2.41. The highest BCUT2D eigenvalue weighted by atomic mass is 16.5. The van der Waals surface area contributed by atoms with Crippen molar-refractivity contribution < 1.29 is 9.84 Å². The standard InChI is InChI=1S/C22H19NO2/c1-25-20-14-12-17(13-15-20)21(16-23)22(24,18-8-4-2-5-9-18)19-10-6-3-7-11-19/h2-15,21,24H,1H3/t21-/m1/s1. The third kappa shape index (κ3) is 3.13. The van der Waals surface area contributed by atoms with Gasteiger partial charge in [0.1, 0.15) is 17.3 Å². The van der Waals surface area contributed by atoms with E-state index in [-0.39, 0.29) is 0 Å². The normalized spacial score (nSPS) is 12.2. The average molecular weight is 329 g/mol. The van der Waals surface area contributed by atoms with Gasteiger partial charge in [0.25, 0.3) is 0 Å². The molecule has 0 radical (unpaired) electrons. The predicted molar refractivity (Wildman–Crippen MR) is 97.2 cm³/mol. The van der Waals surface area contributed by atoms with Gasteiger partial charge in [-0.05, 0) is 28.8 Å². The lowest BCUT2D eigenvalue weighted by atomic mass is 9.73. The van der Waals surface area contributed by atoms with Crippen molar-refractivity contribution in [2.45, 2.75) is 11.5 Å².